The Bertz CT molecular complexity index is 1310. The molecule has 9 heteroatoms. The lowest BCUT2D eigenvalue weighted by Crippen LogP contribution is -2.30. The molecule has 1 saturated heterocycles. The highest BCUT2D eigenvalue weighted by molar-refractivity contribution is 5.73. The Balaban J connectivity index is 1.50. The van der Waals surface area contributed by atoms with Crippen molar-refractivity contribution in [2.24, 2.45) is 14.1 Å². The Morgan fingerprint density at radius 2 is 1.97 bits per heavy atom. The summed E-state index contributed by atoms with van der Waals surface area (Å²) >= 11 is 0. The minimum atomic E-state index is -0.0712. The van der Waals surface area contributed by atoms with Crippen LogP contribution in [0.5, 0.6) is 0 Å². The van der Waals surface area contributed by atoms with Gasteiger partial charge in [0.1, 0.15) is 5.52 Å². The van der Waals surface area contributed by atoms with Crippen molar-refractivity contribution in [1.82, 2.24) is 28.7 Å². The van der Waals surface area contributed by atoms with Gasteiger partial charge < -0.3 is 14.6 Å². The number of fused-ring (bicyclic) bond motifs is 1. The van der Waals surface area contributed by atoms with Gasteiger partial charge in [-0.25, -0.2) is 9.78 Å². The number of aromatic nitrogens is 6. The molecule has 0 saturated carbocycles. The Hall–Kier alpha value is -3.46. The second kappa shape index (κ2) is 7.66. The van der Waals surface area contributed by atoms with Crippen LogP contribution in [-0.2, 0) is 18.8 Å². The first-order valence-corrected chi connectivity index (χ1v) is 10.4. The van der Waals surface area contributed by atoms with E-state index in [0.717, 1.165) is 41.0 Å². The summed E-state index contributed by atoms with van der Waals surface area (Å²) in [6, 6.07) is 6.16. The number of anilines is 2. The van der Waals surface area contributed by atoms with Crippen LogP contribution in [0.3, 0.4) is 0 Å². The van der Waals surface area contributed by atoms with Crippen molar-refractivity contribution in [1.29, 1.82) is 0 Å². The van der Waals surface area contributed by atoms with Crippen LogP contribution < -0.4 is 11.0 Å². The van der Waals surface area contributed by atoms with Gasteiger partial charge in [0.2, 0.25) is 5.95 Å². The van der Waals surface area contributed by atoms with Crippen LogP contribution in [0.15, 0.2) is 41.6 Å². The fourth-order valence-electron chi connectivity index (χ4n) is 4.14. The van der Waals surface area contributed by atoms with Gasteiger partial charge in [-0.2, -0.15) is 4.98 Å². The van der Waals surface area contributed by atoms with Crippen LogP contribution in [0.25, 0.3) is 22.6 Å². The number of pyridine rings is 1. The highest BCUT2D eigenvalue weighted by Crippen LogP contribution is 2.26. The molecule has 0 unspecified atom stereocenters. The first-order valence-electron chi connectivity index (χ1n) is 10.4. The maximum Gasteiger partial charge on any atom is 0.330 e. The van der Waals surface area contributed by atoms with Gasteiger partial charge in [-0.3, -0.25) is 14.1 Å². The third-order valence-electron chi connectivity index (χ3n) is 5.95. The molecule has 5 heterocycles. The predicted octanol–water partition coefficient (Wildman–Crippen LogP) is 2.93. The van der Waals surface area contributed by atoms with E-state index in [4.69, 9.17) is 9.72 Å². The van der Waals surface area contributed by atoms with Crippen molar-refractivity contribution in [2.75, 3.05) is 18.5 Å². The predicted molar refractivity (Wildman–Crippen MR) is 119 cm³/mol. The fourth-order valence-corrected chi connectivity index (χ4v) is 4.14. The van der Waals surface area contributed by atoms with Crippen molar-refractivity contribution in [3.8, 4) is 11.4 Å². The zero-order chi connectivity index (χ0) is 21.5. The Morgan fingerprint density at radius 3 is 2.68 bits per heavy atom. The summed E-state index contributed by atoms with van der Waals surface area (Å²) in [6.45, 7) is 3.33. The first kappa shape index (κ1) is 19.5. The van der Waals surface area contributed by atoms with Crippen LogP contribution in [-0.4, -0.2) is 41.9 Å². The Morgan fingerprint density at radius 1 is 1.16 bits per heavy atom. The number of rotatable bonds is 4. The molecule has 0 bridgehead atoms. The van der Waals surface area contributed by atoms with Crippen LogP contribution >= 0.6 is 0 Å². The lowest BCUT2D eigenvalue weighted by Gasteiger charge is -2.22. The van der Waals surface area contributed by atoms with E-state index >= 15 is 0 Å². The maximum absolute atomic E-state index is 12.9. The first-order chi connectivity index (χ1) is 15.0. The average molecular weight is 419 g/mol. The van der Waals surface area contributed by atoms with Gasteiger partial charge in [-0.05, 0) is 43.5 Å². The van der Waals surface area contributed by atoms with E-state index in [9.17, 15) is 4.79 Å². The summed E-state index contributed by atoms with van der Waals surface area (Å²) in [4.78, 5) is 26.6. The molecule has 9 nitrogen and oxygen atoms in total. The summed E-state index contributed by atoms with van der Waals surface area (Å²) in [5.74, 6) is 0.440. The molecule has 1 aliphatic heterocycles. The summed E-state index contributed by atoms with van der Waals surface area (Å²) in [6.07, 6.45) is 7.09. The van der Waals surface area contributed by atoms with Crippen LogP contribution in [0.1, 0.15) is 24.4 Å². The highest BCUT2D eigenvalue weighted by Gasteiger charge is 2.23. The SMILES string of the molecule is Cc1cc(-c2cccn2C)ncc1Nc1ncc2c(n1)n(C1CCOCC1)c(=O)n2C. The lowest BCUT2D eigenvalue weighted by molar-refractivity contribution is 0.0695. The third-order valence-corrected chi connectivity index (χ3v) is 5.95. The van der Waals surface area contributed by atoms with Gasteiger partial charge in [0, 0.05) is 39.5 Å². The normalized spacial score (nSPS) is 14.9. The number of hydrogen-bond acceptors (Lipinski definition) is 6. The summed E-state index contributed by atoms with van der Waals surface area (Å²) in [7, 11) is 3.76. The molecule has 0 atom stereocenters. The smallest absolute Gasteiger partial charge is 0.330 e. The van der Waals surface area contributed by atoms with E-state index in [1.54, 1.807) is 28.6 Å². The number of ether oxygens (including phenoxy) is 1. The number of nitrogens with one attached hydrogen (secondary N) is 1. The molecule has 4 aromatic heterocycles. The minimum absolute atomic E-state index is 0.0712. The molecule has 160 valence electrons. The number of nitrogens with zero attached hydrogens (tertiary/aromatic N) is 6. The molecule has 1 fully saturated rings. The molecular weight excluding hydrogens is 394 g/mol. The van der Waals surface area contributed by atoms with Gasteiger partial charge in [-0.15, -0.1) is 0 Å². The van der Waals surface area contributed by atoms with Crippen molar-refractivity contribution in [3.63, 3.8) is 0 Å². The van der Waals surface area contributed by atoms with Crippen LogP contribution in [0, 0.1) is 6.92 Å². The van der Waals surface area contributed by atoms with E-state index in [1.807, 2.05) is 42.9 Å². The second-order valence-corrected chi connectivity index (χ2v) is 7.97. The maximum atomic E-state index is 12.9. The number of imidazole rings is 1. The fraction of sp³-hybridized carbons (Fsp3) is 0.364. The summed E-state index contributed by atoms with van der Waals surface area (Å²) < 4.78 is 10.9. The molecule has 0 aromatic carbocycles. The van der Waals surface area contributed by atoms with Gasteiger partial charge in [0.25, 0.3) is 0 Å². The van der Waals surface area contributed by atoms with Crippen LogP contribution in [0.4, 0.5) is 11.6 Å². The standard InChI is InChI=1S/C22H25N7O2/c1-14-11-16(18-5-4-8-27(18)2)23-12-17(14)25-21-24-13-19-20(26-21)29(22(30)28(19)3)15-6-9-31-10-7-15/h4-5,8,11-13,15H,6-7,9-10H2,1-3H3,(H,24,25,26). The molecule has 0 aliphatic carbocycles. The Kier molecular flexibility index (Phi) is 4.82. The van der Waals surface area contributed by atoms with E-state index in [-0.39, 0.29) is 11.7 Å². The molecule has 0 radical (unpaired) electrons. The molecule has 0 amide bonds. The van der Waals surface area contributed by atoms with Gasteiger partial charge in [0.05, 0.1) is 29.5 Å². The van der Waals surface area contributed by atoms with Crippen molar-refractivity contribution in [3.05, 3.63) is 52.8 Å². The van der Waals surface area contributed by atoms with Crippen molar-refractivity contribution < 1.29 is 4.74 Å². The number of hydrogen-bond donors (Lipinski definition) is 1. The molecular formula is C22H25N7O2. The molecule has 1 N–H and O–H groups in total. The second-order valence-electron chi connectivity index (χ2n) is 7.97. The Labute approximate surface area is 179 Å². The molecule has 1 aliphatic rings. The van der Waals surface area contributed by atoms with Crippen molar-refractivity contribution >= 4 is 22.8 Å². The topological polar surface area (TPSA) is 91.8 Å². The zero-order valence-corrected chi connectivity index (χ0v) is 17.9. The zero-order valence-electron chi connectivity index (χ0n) is 17.9. The van der Waals surface area contributed by atoms with E-state index in [1.165, 1.54) is 0 Å². The quantitative estimate of drug-likeness (QED) is 0.547. The summed E-state index contributed by atoms with van der Waals surface area (Å²) in [5, 5.41) is 3.27. The largest absolute Gasteiger partial charge is 0.381 e. The van der Waals surface area contributed by atoms with E-state index in [0.29, 0.717) is 24.8 Å². The van der Waals surface area contributed by atoms with E-state index in [2.05, 4.69) is 15.3 Å². The lowest BCUT2D eigenvalue weighted by atomic mass is 10.1. The monoisotopic (exact) mass is 419 g/mol. The van der Waals surface area contributed by atoms with Gasteiger partial charge in [-0.1, -0.05) is 0 Å². The minimum Gasteiger partial charge on any atom is -0.381 e. The molecule has 4 aromatic rings. The molecule has 0 spiro atoms. The third kappa shape index (κ3) is 3.40. The van der Waals surface area contributed by atoms with E-state index < -0.39 is 0 Å². The van der Waals surface area contributed by atoms with Crippen LogP contribution in [0.2, 0.25) is 0 Å². The number of aryl methyl sites for hydroxylation is 3. The van der Waals surface area contributed by atoms with Gasteiger partial charge >= 0.3 is 5.69 Å². The average Bonchev–Trinajstić information content (AvgIpc) is 3.31. The summed E-state index contributed by atoms with van der Waals surface area (Å²) in [5.41, 5.74) is 5.11. The molecule has 31 heavy (non-hydrogen) atoms. The molecule has 5 rings (SSSR count). The van der Waals surface area contributed by atoms with Gasteiger partial charge in [0.15, 0.2) is 5.65 Å². The highest BCUT2D eigenvalue weighted by atomic mass is 16.5. The van der Waals surface area contributed by atoms with Crippen molar-refractivity contribution in [2.45, 2.75) is 25.8 Å².